The molecule has 0 amide bonds. The molecule has 1 saturated heterocycles. The highest BCUT2D eigenvalue weighted by Crippen LogP contribution is 2.32. The summed E-state index contributed by atoms with van der Waals surface area (Å²) in [5.41, 5.74) is -0.188. The topological polar surface area (TPSA) is 133 Å². The van der Waals surface area contributed by atoms with Crippen LogP contribution in [0.2, 0.25) is 0 Å². The van der Waals surface area contributed by atoms with Crippen molar-refractivity contribution in [1.82, 2.24) is 19.5 Å². The molecule has 110 valence electrons. The van der Waals surface area contributed by atoms with E-state index in [1.165, 1.54) is 17.2 Å². The number of rotatable bonds is 2. The molecule has 0 bridgehead atoms. The van der Waals surface area contributed by atoms with Crippen LogP contribution < -0.4 is 5.56 Å². The maximum Gasteiger partial charge on any atom is 0.278 e. The molecule has 4 N–H and O–H groups in total. The van der Waals surface area contributed by atoms with Gasteiger partial charge in [0.05, 0.1) is 12.7 Å². The summed E-state index contributed by atoms with van der Waals surface area (Å²) in [6, 6.07) is 0. The van der Waals surface area contributed by atoms with Crippen LogP contribution in [0.1, 0.15) is 6.23 Å². The second-order valence-corrected chi connectivity index (χ2v) is 4.68. The minimum atomic E-state index is -1.40. The van der Waals surface area contributed by atoms with Crippen molar-refractivity contribution < 1.29 is 20.1 Å². The van der Waals surface area contributed by atoms with Gasteiger partial charge in [0.2, 0.25) is 0 Å². The summed E-state index contributed by atoms with van der Waals surface area (Å²) in [4.78, 5) is 21.8. The number of nitrogens with one attached hydrogen (secondary N) is 1. The number of aromatic amines is 1. The maximum atomic E-state index is 11.6. The maximum absolute atomic E-state index is 11.6. The Balaban J connectivity index is 2.06. The molecule has 1 fully saturated rings. The molecule has 0 unspecified atom stereocenters. The predicted octanol–water partition coefficient (Wildman–Crippen LogP) is -1.22. The fraction of sp³-hybridized carbons (Fsp3) is 0.364. The Labute approximate surface area is 122 Å². The standard InChI is InChI=1S/C11H10N4O5S/c16-4(1-21)8-6(17)7(18)11(20-8)15-3-14-5-9(15)12-2-13-10(5)19/h2-3,6-8,11,16-18H,(H,12,13,19)/t6-,7+,8+,11+/m0/s1. The summed E-state index contributed by atoms with van der Waals surface area (Å²) in [5.74, 6) is -0.491. The number of hydrogen-bond donors (Lipinski definition) is 4. The number of fused-ring (bicyclic) bond motifs is 1. The molecule has 9 nitrogen and oxygen atoms in total. The number of nitrogens with zero attached hydrogens (tertiary/aromatic N) is 3. The van der Waals surface area contributed by atoms with Crippen molar-refractivity contribution in [3.05, 3.63) is 28.8 Å². The Bertz CT molecular complexity index is 795. The lowest BCUT2D eigenvalue weighted by molar-refractivity contribution is -0.0332. The number of aliphatic hydroxyl groups excluding tert-OH is 3. The Morgan fingerprint density at radius 3 is 2.90 bits per heavy atom. The summed E-state index contributed by atoms with van der Waals surface area (Å²) < 4.78 is 6.69. The van der Waals surface area contributed by atoms with Gasteiger partial charge in [-0.3, -0.25) is 9.36 Å². The molecule has 0 aromatic carbocycles. The van der Waals surface area contributed by atoms with E-state index in [4.69, 9.17) is 4.74 Å². The molecular formula is C11H10N4O5S. The van der Waals surface area contributed by atoms with E-state index in [-0.39, 0.29) is 11.2 Å². The molecule has 2 aromatic rings. The lowest BCUT2D eigenvalue weighted by atomic mass is 10.1. The predicted molar refractivity (Wildman–Crippen MR) is 72.8 cm³/mol. The smallest absolute Gasteiger partial charge is 0.278 e. The van der Waals surface area contributed by atoms with E-state index in [0.717, 1.165) is 0 Å². The lowest BCUT2D eigenvalue weighted by Gasteiger charge is -2.16. The number of ether oxygens (including phenoxy) is 1. The molecule has 3 rings (SSSR count). The van der Waals surface area contributed by atoms with Crippen LogP contribution in [-0.4, -0.2) is 58.2 Å². The summed E-state index contributed by atoms with van der Waals surface area (Å²) in [6.07, 6.45) is -2.60. The molecule has 1 aliphatic rings. The highest BCUT2D eigenvalue weighted by Gasteiger charge is 2.46. The quantitative estimate of drug-likeness (QED) is 0.400. The van der Waals surface area contributed by atoms with Crippen LogP contribution in [0, 0.1) is 0 Å². The highest BCUT2D eigenvalue weighted by atomic mass is 32.1. The first kappa shape index (κ1) is 13.9. The second-order valence-electron chi connectivity index (χ2n) is 4.47. The molecular weight excluding hydrogens is 300 g/mol. The van der Waals surface area contributed by atoms with Crippen molar-refractivity contribution in [2.24, 2.45) is 0 Å². The van der Waals surface area contributed by atoms with Crippen LogP contribution in [0.25, 0.3) is 11.2 Å². The van der Waals surface area contributed by atoms with E-state index < -0.39 is 35.9 Å². The summed E-state index contributed by atoms with van der Waals surface area (Å²) in [6.45, 7) is 0. The Morgan fingerprint density at radius 1 is 1.43 bits per heavy atom. The van der Waals surface area contributed by atoms with E-state index >= 15 is 0 Å². The summed E-state index contributed by atoms with van der Waals surface area (Å²) >= 11 is 4.45. The molecule has 1 aliphatic heterocycles. The van der Waals surface area contributed by atoms with Crippen LogP contribution in [-0.2, 0) is 4.74 Å². The molecule has 0 radical (unpaired) electrons. The third kappa shape index (κ3) is 2.06. The molecule has 0 saturated carbocycles. The van der Waals surface area contributed by atoms with Gasteiger partial charge in [0, 0.05) is 0 Å². The van der Waals surface area contributed by atoms with E-state index in [2.05, 4.69) is 27.2 Å². The molecule has 0 aliphatic carbocycles. The summed E-state index contributed by atoms with van der Waals surface area (Å²) in [7, 11) is 0. The normalized spacial score (nSPS) is 28.7. The number of hydrogen-bond acceptors (Lipinski definition) is 8. The summed E-state index contributed by atoms with van der Waals surface area (Å²) in [5, 5.41) is 31.5. The van der Waals surface area contributed by atoms with Gasteiger partial charge in [-0.05, 0) is 17.2 Å². The number of H-pyrrole nitrogens is 1. The SMILES string of the molecule is O=c1[nH]cnc2c1ncn2[C@@H]1O[C@H](C(O)=C=S)[C@@H](O)[C@H]1O. The van der Waals surface area contributed by atoms with Gasteiger partial charge in [0.15, 0.2) is 29.3 Å². The lowest BCUT2D eigenvalue weighted by Crippen LogP contribution is -2.32. The Morgan fingerprint density at radius 2 is 2.19 bits per heavy atom. The first-order valence-electron chi connectivity index (χ1n) is 5.90. The van der Waals surface area contributed by atoms with Gasteiger partial charge in [-0.1, -0.05) is 0 Å². The van der Waals surface area contributed by atoms with Crippen molar-refractivity contribution in [2.75, 3.05) is 0 Å². The van der Waals surface area contributed by atoms with Crippen LogP contribution in [0.15, 0.2) is 23.2 Å². The first-order valence-corrected chi connectivity index (χ1v) is 6.31. The number of aromatic nitrogens is 4. The zero-order valence-electron chi connectivity index (χ0n) is 10.4. The van der Waals surface area contributed by atoms with Crippen molar-refractivity contribution in [1.29, 1.82) is 0 Å². The van der Waals surface area contributed by atoms with Crippen molar-refractivity contribution in [3.8, 4) is 0 Å². The average molecular weight is 310 g/mol. The minimum Gasteiger partial charge on any atom is -0.502 e. The van der Waals surface area contributed by atoms with Crippen molar-refractivity contribution >= 4 is 28.4 Å². The van der Waals surface area contributed by atoms with Gasteiger partial charge in [0.25, 0.3) is 5.56 Å². The monoisotopic (exact) mass is 310 g/mol. The fourth-order valence-electron chi connectivity index (χ4n) is 2.22. The number of thiocarbonyl (C=S) groups is 1. The van der Waals surface area contributed by atoms with Crippen LogP contribution >= 0.6 is 12.2 Å². The zero-order chi connectivity index (χ0) is 15.1. The third-order valence-electron chi connectivity index (χ3n) is 3.25. The van der Waals surface area contributed by atoms with Gasteiger partial charge >= 0.3 is 0 Å². The molecule has 21 heavy (non-hydrogen) atoms. The van der Waals surface area contributed by atoms with Crippen LogP contribution in [0.5, 0.6) is 0 Å². The molecule has 0 spiro atoms. The largest absolute Gasteiger partial charge is 0.502 e. The van der Waals surface area contributed by atoms with E-state index in [0.29, 0.717) is 0 Å². The average Bonchev–Trinajstić information content (AvgIpc) is 3.02. The zero-order valence-corrected chi connectivity index (χ0v) is 11.2. The molecule has 10 heteroatoms. The van der Waals surface area contributed by atoms with Gasteiger partial charge < -0.3 is 25.0 Å². The van der Waals surface area contributed by atoms with Gasteiger partial charge in [-0.25, -0.2) is 9.97 Å². The molecule has 2 aromatic heterocycles. The minimum absolute atomic E-state index is 0.0702. The van der Waals surface area contributed by atoms with Gasteiger partial charge in [-0.2, -0.15) is 0 Å². The highest BCUT2D eigenvalue weighted by molar-refractivity contribution is 7.78. The number of aliphatic hydroxyl groups is 3. The van der Waals surface area contributed by atoms with Crippen molar-refractivity contribution in [3.63, 3.8) is 0 Å². The Hall–Kier alpha value is -2.10. The van der Waals surface area contributed by atoms with Gasteiger partial charge in [-0.15, -0.1) is 0 Å². The second kappa shape index (κ2) is 5.02. The van der Waals surface area contributed by atoms with E-state index in [1.807, 2.05) is 5.02 Å². The molecule has 3 heterocycles. The molecule has 4 atom stereocenters. The third-order valence-corrected chi connectivity index (χ3v) is 3.46. The Kier molecular flexibility index (Phi) is 3.32. The van der Waals surface area contributed by atoms with Crippen molar-refractivity contribution in [2.45, 2.75) is 24.5 Å². The fourth-order valence-corrected chi connectivity index (χ4v) is 2.34. The first-order chi connectivity index (χ1) is 10.0. The van der Waals surface area contributed by atoms with E-state index in [1.54, 1.807) is 0 Å². The van der Waals surface area contributed by atoms with Crippen LogP contribution in [0.3, 0.4) is 0 Å². The number of imidazole rings is 1. The van der Waals surface area contributed by atoms with E-state index in [9.17, 15) is 20.1 Å². The van der Waals surface area contributed by atoms with Crippen LogP contribution in [0.4, 0.5) is 0 Å². The van der Waals surface area contributed by atoms with Gasteiger partial charge in [0.1, 0.15) is 12.2 Å².